The first-order valence-electron chi connectivity index (χ1n) is 5.43. The highest BCUT2D eigenvalue weighted by Crippen LogP contribution is 2.34. The van der Waals surface area contributed by atoms with E-state index in [1.165, 1.54) is 0 Å². The zero-order chi connectivity index (χ0) is 12.3. The quantitative estimate of drug-likeness (QED) is 0.918. The monoisotopic (exact) mass is 292 g/mol. The summed E-state index contributed by atoms with van der Waals surface area (Å²) in [6.45, 7) is 2.58. The van der Waals surface area contributed by atoms with E-state index in [1.54, 1.807) is 6.07 Å². The molecule has 0 radical (unpaired) electrons. The Morgan fingerprint density at radius 2 is 1.94 bits per heavy atom. The maximum atomic E-state index is 9.69. The summed E-state index contributed by atoms with van der Waals surface area (Å²) in [4.78, 5) is 0. The van der Waals surface area contributed by atoms with Gasteiger partial charge in [-0.25, -0.2) is 0 Å². The second kappa shape index (κ2) is 5.23. The highest BCUT2D eigenvalue weighted by Gasteiger charge is 2.07. The van der Waals surface area contributed by atoms with Gasteiger partial charge in [-0.05, 0) is 46.6 Å². The van der Waals surface area contributed by atoms with Crippen LogP contribution in [0, 0.1) is 0 Å². The maximum Gasteiger partial charge on any atom is 0.130 e. The van der Waals surface area contributed by atoms with Crippen LogP contribution in [0.1, 0.15) is 6.92 Å². The van der Waals surface area contributed by atoms with Crippen LogP contribution in [0.3, 0.4) is 0 Å². The standard InChI is InChI=1S/C14H13BrO2/c1-2-17-14-6-4-3-5-11(14)10-7-8-12(15)13(16)9-10/h3-9,16H,2H2,1H3. The molecule has 0 heterocycles. The van der Waals surface area contributed by atoms with Crippen molar-refractivity contribution >= 4 is 15.9 Å². The number of halogens is 1. The van der Waals surface area contributed by atoms with E-state index in [0.717, 1.165) is 16.9 Å². The van der Waals surface area contributed by atoms with Crippen molar-refractivity contribution in [1.29, 1.82) is 0 Å². The van der Waals surface area contributed by atoms with Crippen molar-refractivity contribution in [3.05, 3.63) is 46.9 Å². The number of rotatable bonds is 3. The zero-order valence-corrected chi connectivity index (χ0v) is 11.1. The van der Waals surface area contributed by atoms with Gasteiger partial charge in [0.25, 0.3) is 0 Å². The molecule has 0 saturated heterocycles. The molecule has 2 rings (SSSR count). The molecular weight excluding hydrogens is 280 g/mol. The lowest BCUT2D eigenvalue weighted by molar-refractivity contribution is 0.341. The van der Waals surface area contributed by atoms with Crippen molar-refractivity contribution in [1.82, 2.24) is 0 Å². The van der Waals surface area contributed by atoms with Gasteiger partial charge in [0.1, 0.15) is 11.5 Å². The Labute approximate surface area is 109 Å². The molecule has 0 unspecified atom stereocenters. The third-order valence-corrected chi connectivity index (χ3v) is 3.11. The highest BCUT2D eigenvalue weighted by atomic mass is 79.9. The van der Waals surface area contributed by atoms with E-state index in [4.69, 9.17) is 4.74 Å². The fraction of sp³-hybridized carbons (Fsp3) is 0.143. The van der Waals surface area contributed by atoms with Crippen LogP contribution in [0.2, 0.25) is 0 Å². The van der Waals surface area contributed by atoms with Crippen LogP contribution in [-0.2, 0) is 0 Å². The number of ether oxygens (including phenoxy) is 1. The Kier molecular flexibility index (Phi) is 3.69. The predicted octanol–water partition coefficient (Wildman–Crippen LogP) is 4.22. The third kappa shape index (κ3) is 2.61. The van der Waals surface area contributed by atoms with Crippen LogP contribution in [-0.4, -0.2) is 11.7 Å². The lowest BCUT2D eigenvalue weighted by Crippen LogP contribution is -1.93. The summed E-state index contributed by atoms with van der Waals surface area (Å²) in [7, 11) is 0. The molecule has 2 nitrogen and oxygen atoms in total. The fourth-order valence-corrected chi connectivity index (χ4v) is 1.91. The normalized spacial score (nSPS) is 10.2. The molecule has 0 bridgehead atoms. The lowest BCUT2D eigenvalue weighted by atomic mass is 10.0. The van der Waals surface area contributed by atoms with E-state index >= 15 is 0 Å². The highest BCUT2D eigenvalue weighted by molar-refractivity contribution is 9.10. The molecule has 2 aromatic carbocycles. The van der Waals surface area contributed by atoms with E-state index in [-0.39, 0.29) is 5.75 Å². The smallest absolute Gasteiger partial charge is 0.130 e. The van der Waals surface area contributed by atoms with Gasteiger partial charge in [0.15, 0.2) is 0 Å². The second-order valence-corrected chi connectivity index (χ2v) is 4.45. The van der Waals surface area contributed by atoms with Gasteiger partial charge in [0.2, 0.25) is 0 Å². The summed E-state index contributed by atoms with van der Waals surface area (Å²) in [6.07, 6.45) is 0. The molecule has 1 N–H and O–H groups in total. The first-order chi connectivity index (χ1) is 8.22. The lowest BCUT2D eigenvalue weighted by Gasteiger charge is -2.10. The van der Waals surface area contributed by atoms with Crippen LogP contribution < -0.4 is 4.74 Å². The fourth-order valence-electron chi connectivity index (χ4n) is 1.67. The minimum atomic E-state index is 0.230. The van der Waals surface area contributed by atoms with Crippen LogP contribution in [0.15, 0.2) is 46.9 Å². The van der Waals surface area contributed by atoms with E-state index in [2.05, 4.69) is 15.9 Å². The van der Waals surface area contributed by atoms with Gasteiger partial charge in [-0.3, -0.25) is 0 Å². The number of phenolic OH excluding ortho intramolecular Hbond substituents is 1. The average Bonchev–Trinajstić information content (AvgIpc) is 2.34. The van der Waals surface area contributed by atoms with Crippen molar-refractivity contribution < 1.29 is 9.84 Å². The molecule has 0 aliphatic carbocycles. The van der Waals surface area contributed by atoms with Crippen LogP contribution in [0.25, 0.3) is 11.1 Å². The van der Waals surface area contributed by atoms with Crippen molar-refractivity contribution in [2.24, 2.45) is 0 Å². The molecule has 0 aromatic heterocycles. The van der Waals surface area contributed by atoms with Gasteiger partial charge in [-0.2, -0.15) is 0 Å². The summed E-state index contributed by atoms with van der Waals surface area (Å²) < 4.78 is 6.26. The Morgan fingerprint density at radius 1 is 1.18 bits per heavy atom. The summed E-state index contributed by atoms with van der Waals surface area (Å²) >= 11 is 3.27. The SMILES string of the molecule is CCOc1ccccc1-c1ccc(Br)c(O)c1. The Balaban J connectivity index is 2.48. The first kappa shape index (κ1) is 12.0. The molecule has 0 saturated carbocycles. The molecule has 0 spiro atoms. The summed E-state index contributed by atoms with van der Waals surface area (Å²) in [5, 5.41) is 9.69. The molecule has 0 amide bonds. The Hall–Kier alpha value is -1.48. The van der Waals surface area contributed by atoms with Crippen LogP contribution in [0.5, 0.6) is 11.5 Å². The first-order valence-corrected chi connectivity index (χ1v) is 6.22. The molecule has 2 aromatic rings. The molecule has 88 valence electrons. The van der Waals surface area contributed by atoms with Crippen molar-refractivity contribution in [3.63, 3.8) is 0 Å². The molecule has 0 atom stereocenters. The van der Waals surface area contributed by atoms with Crippen LogP contribution in [0.4, 0.5) is 0 Å². The number of hydrogen-bond acceptors (Lipinski definition) is 2. The molecule has 3 heteroatoms. The number of benzene rings is 2. The van der Waals surface area contributed by atoms with Gasteiger partial charge < -0.3 is 9.84 Å². The number of phenols is 1. The second-order valence-electron chi connectivity index (χ2n) is 3.60. The number of aromatic hydroxyl groups is 1. The Bertz CT molecular complexity index is 523. The molecule has 0 aliphatic heterocycles. The van der Waals surface area contributed by atoms with Crippen molar-refractivity contribution in [2.45, 2.75) is 6.92 Å². The third-order valence-electron chi connectivity index (χ3n) is 2.44. The van der Waals surface area contributed by atoms with E-state index in [0.29, 0.717) is 11.1 Å². The largest absolute Gasteiger partial charge is 0.507 e. The van der Waals surface area contributed by atoms with Crippen molar-refractivity contribution in [2.75, 3.05) is 6.61 Å². The number of hydrogen-bond donors (Lipinski definition) is 1. The maximum absolute atomic E-state index is 9.69. The minimum Gasteiger partial charge on any atom is -0.507 e. The molecule has 0 aliphatic rings. The predicted molar refractivity (Wildman–Crippen MR) is 72.4 cm³/mol. The molecule has 0 fully saturated rings. The number of para-hydroxylation sites is 1. The topological polar surface area (TPSA) is 29.5 Å². The van der Waals surface area contributed by atoms with Gasteiger partial charge in [-0.1, -0.05) is 24.3 Å². The van der Waals surface area contributed by atoms with Gasteiger partial charge in [0, 0.05) is 5.56 Å². The van der Waals surface area contributed by atoms with Gasteiger partial charge in [0.05, 0.1) is 11.1 Å². The summed E-state index contributed by atoms with van der Waals surface area (Å²) in [5.74, 6) is 1.06. The molecular formula is C14H13BrO2. The van der Waals surface area contributed by atoms with Crippen LogP contribution >= 0.6 is 15.9 Å². The van der Waals surface area contributed by atoms with Gasteiger partial charge in [-0.15, -0.1) is 0 Å². The van der Waals surface area contributed by atoms with E-state index < -0.39 is 0 Å². The van der Waals surface area contributed by atoms with Crippen molar-refractivity contribution in [3.8, 4) is 22.6 Å². The summed E-state index contributed by atoms with van der Waals surface area (Å²) in [6, 6.07) is 13.3. The molecule has 17 heavy (non-hydrogen) atoms. The Morgan fingerprint density at radius 3 is 2.65 bits per heavy atom. The van der Waals surface area contributed by atoms with E-state index in [1.807, 2.05) is 43.3 Å². The average molecular weight is 293 g/mol. The zero-order valence-electron chi connectivity index (χ0n) is 9.48. The van der Waals surface area contributed by atoms with E-state index in [9.17, 15) is 5.11 Å². The van der Waals surface area contributed by atoms with Gasteiger partial charge >= 0.3 is 0 Å². The summed E-state index contributed by atoms with van der Waals surface area (Å²) in [5.41, 5.74) is 1.92. The minimum absolute atomic E-state index is 0.230.